The van der Waals surface area contributed by atoms with Crippen LogP contribution in [0, 0.1) is 6.92 Å². The van der Waals surface area contributed by atoms with Crippen LogP contribution in [0.2, 0.25) is 0 Å². The number of aryl methyl sites for hydroxylation is 1. The highest BCUT2D eigenvalue weighted by atomic mass is 16.5. The molecule has 0 amide bonds. The second-order valence-corrected chi connectivity index (χ2v) is 8.07. The van der Waals surface area contributed by atoms with Gasteiger partial charge in [-0.2, -0.15) is 0 Å². The molecule has 5 heteroatoms. The first-order chi connectivity index (χ1) is 14.0. The molecule has 0 bridgehead atoms. The smallest absolute Gasteiger partial charge is 0.248 e. The maximum Gasteiger partial charge on any atom is 0.248 e. The van der Waals surface area contributed by atoms with Gasteiger partial charge in [0.2, 0.25) is 5.56 Å². The fourth-order valence-electron chi connectivity index (χ4n) is 4.25. The van der Waals surface area contributed by atoms with Crippen LogP contribution in [0.4, 0.5) is 0 Å². The van der Waals surface area contributed by atoms with E-state index in [-0.39, 0.29) is 16.8 Å². The number of pyridine rings is 2. The van der Waals surface area contributed by atoms with E-state index < -0.39 is 0 Å². The standard InChI is InChI=1S/C24H22N2O3/c1-15-10-19(26-20(11-15)16-4-8-25-23(28)13-16)14-22(27)24(6-7-24)18-2-3-21-17(12-18)5-9-29-21/h2-4,8,10-13H,5-7,9,14H2,1H3,(H,25,28). The molecule has 1 fully saturated rings. The average Bonchev–Trinajstić information content (AvgIpc) is 3.39. The second-order valence-electron chi connectivity index (χ2n) is 8.07. The summed E-state index contributed by atoms with van der Waals surface area (Å²) in [6.07, 6.45) is 4.59. The van der Waals surface area contributed by atoms with E-state index in [0.29, 0.717) is 6.42 Å². The lowest BCUT2D eigenvalue weighted by atomic mass is 9.87. The molecule has 1 saturated carbocycles. The summed E-state index contributed by atoms with van der Waals surface area (Å²) in [6.45, 7) is 2.71. The lowest BCUT2D eigenvalue weighted by molar-refractivity contribution is -0.120. The van der Waals surface area contributed by atoms with Gasteiger partial charge in [0.1, 0.15) is 11.5 Å². The number of hydrogen-bond donors (Lipinski definition) is 1. The van der Waals surface area contributed by atoms with Gasteiger partial charge in [-0.15, -0.1) is 0 Å². The van der Waals surface area contributed by atoms with E-state index in [9.17, 15) is 9.59 Å². The van der Waals surface area contributed by atoms with Gasteiger partial charge in [0.25, 0.3) is 0 Å². The molecular weight excluding hydrogens is 364 g/mol. The van der Waals surface area contributed by atoms with Gasteiger partial charge in [0.15, 0.2) is 0 Å². The molecule has 1 aromatic carbocycles. The highest BCUT2D eigenvalue weighted by Crippen LogP contribution is 2.50. The van der Waals surface area contributed by atoms with Gasteiger partial charge >= 0.3 is 0 Å². The summed E-state index contributed by atoms with van der Waals surface area (Å²) < 4.78 is 5.60. The topological polar surface area (TPSA) is 72.0 Å². The Kier molecular flexibility index (Phi) is 4.12. The van der Waals surface area contributed by atoms with Gasteiger partial charge in [-0.3, -0.25) is 14.6 Å². The zero-order valence-electron chi connectivity index (χ0n) is 16.3. The molecule has 0 radical (unpaired) electrons. The van der Waals surface area contributed by atoms with E-state index in [1.54, 1.807) is 6.20 Å². The quantitative estimate of drug-likeness (QED) is 0.728. The molecule has 5 nitrogen and oxygen atoms in total. The third kappa shape index (κ3) is 3.27. The second kappa shape index (κ2) is 6.69. The number of nitrogens with zero attached hydrogens (tertiary/aromatic N) is 1. The van der Waals surface area contributed by atoms with Gasteiger partial charge in [-0.25, -0.2) is 0 Å². The number of aromatic nitrogens is 2. The van der Waals surface area contributed by atoms with Gasteiger partial charge in [-0.05, 0) is 60.7 Å². The van der Waals surface area contributed by atoms with Crippen LogP contribution >= 0.6 is 0 Å². The minimum atomic E-state index is -0.382. The Morgan fingerprint density at radius 3 is 2.83 bits per heavy atom. The number of rotatable bonds is 5. The van der Waals surface area contributed by atoms with Crippen molar-refractivity contribution < 1.29 is 9.53 Å². The van der Waals surface area contributed by atoms with Crippen LogP contribution in [0.25, 0.3) is 11.3 Å². The maximum absolute atomic E-state index is 13.3. The fourth-order valence-corrected chi connectivity index (χ4v) is 4.25. The number of hydrogen-bond acceptors (Lipinski definition) is 4. The number of carbonyl (C=O) groups excluding carboxylic acids is 1. The van der Waals surface area contributed by atoms with Crippen molar-refractivity contribution in [3.8, 4) is 17.0 Å². The number of carbonyl (C=O) groups is 1. The first-order valence-electron chi connectivity index (χ1n) is 10.00. The maximum atomic E-state index is 13.3. The Hall–Kier alpha value is -3.21. The number of fused-ring (bicyclic) bond motifs is 1. The number of Topliss-reactive ketones (excluding diaryl/α,β-unsaturated/α-hetero) is 1. The Morgan fingerprint density at radius 1 is 1.17 bits per heavy atom. The summed E-state index contributed by atoms with van der Waals surface area (Å²) in [5.74, 6) is 1.16. The largest absolute Gasteiger partial charge is 0.493 e. The van der Waals surface area contributed by atoms with Crippen LogP contribution in [0.5, 0.6) is 5.75 Å². The van der Waals surface area contributed by atoms with E-state index in [0.717, 1.165) is 59.7 Å². The Morgan fingerprint density at radius 2 is 2.03 bits per heavy atom. The number of benzene rings is 1. The van der Waals surface area contributed by atoms with Crippen molar-refractivity contribution in [3.05, 3.63) is 81.4 Å². The average molecular weight is 386 g/mol. The van der Waals surface area contributed by atoms with Crippen molar-refractivity contribution >= 4 is 5.78 Å². The van der Waals surface area contributed by atoms with Crippen molar-refractivity contribution in [2.75, 3.05) is 6.61 Å². The minimum absolute atomic E-state index is 0.166. The fraction of sp³-hybridized carbons (Fsp3) is 0.292. The van der Waals surface area contributed by atoms with E-state index in [1.807, 2.05) is 37.3 Å². The molecular formula is C24H22N2O3. The number of aromatic amines is 1. The summed E-state index contributed by atoms with van der Waals surface area (Å²) in [5.41, 5.74) is 5.01. The Bertz CT molecular complexity index is 1170. The van der Waals surface area contributed by atoms with Crippen molar-refractivity contribution in [2.45, 2.75) is 38.0 Å². The first kappa shape index (κ1) is 17.9. The van der Waals surface area contributed by atoms with Crippen molar-refractivity contribution in [3.63, 3.8) is 0 Å². The molecule has 2 aromatic heterocycles. The van der Waals surface area contributed by atoms with Crippen molar-refractivity contribution in [1.29, 1.82) is 0 Å². The molecule has 5 rings (SSSR count). The number of ether oxygens (including phenoxy) is 1. The molecule has 1 aliphatic heterocycles. The zero-order chi connectivity index (χ0) is 20.0. The molecule has 3 heterocycles. The lowest BCUT2D eigenvalue weighted by Crippen LogP contribution is -2.23. The SMILES string of the molecule is Cc1cc(CC(=O)C2(c3ccc4c(c3)CCO4)CC2)nc(-c2cc[nH]c(=O)c2)c1. The highest BCUT2D eigenvalue weighted by molar-refractivity contribution is 5.94. The van der Waals surface area contributed by atoms with Crippen LogP contribution in [0.3, 0.4) is 0 Å². The molecule has 2 aliphatic rings. The van der Waals surface area contributed by atoms with Gasteiger partial charge < -0.3 is 9.72 Å². The molecule has 1 aliphatic carbocycles. The zero-order valence-corrected chi connectivity index (χ0v) is 16.3. The monoisotopic (exact) mass is 386 g/mol. The molecule has 3 aromatic rings. The van der Waals surface area contributed by atoms with Crippen LogP contribution in [0.15, 0.2) is 53.5 Å². The summed E-state index contributed by atoms with van der Waals surface area (Å²) in [6, 6.07) is 13.4. The highest BCUT2D eigenvalue weighted by Gasteiger charge is 2.50. The van der Waals surface area contributed by atoms with Crippen molar-refractivity contribution in [2.24, 2.45) is 0 Å². The van der Waals surface area contributed by atoms with E-state index in [1.165, 1.54) is 11.6 Å². The van der Waals surface area contributed by atoms with Crippen LogP contribution < -0.4 is 10.3 Å². The molecule has 146 valence electrons. The van der Waals surface area contributed by atoms with Crippen LogP contribution in [-0.2, 0) is 23.1 Å². The van der Waals surface area contributed by atoms with Crippen molar-refractivity contribution in [1.82, 2.24) is 9.97 Å². The lowest BCUT2D eigenvalue weighted by Gasteiger charge is -2.16. The van der Waals surface area contributed by atoms with E-state index >= 15 is 0 Å². The molecule has 0 spiro atoms. The van der Waals surface area contributed by atoms with Gasteiger partial charge in [-0.1, -0.05) is 12.1 Å². The van der Waals surface area contributed by atoms with Crippen LogP contribution in [0.1, 0.15) is 35.2 Å². The summed E-state index contributed by atoms with van der Waals surface area (Å²) in [4.78, 5) is 32.2. The first-order valence-corrected chi connectivity index (χ1v) is 10.00. The molecule has 0 saturated heterocycles. The van der Waals surface area contributed by atoms with Gasteiger partial charge in [0.05, 0.1) is 17.7 Å². The normalized spacial score (nSPS) is 16.2. The molecule has 0 atom stereocenters. The Labute approximate surface area is 168 Å². The number of ketones is 1. The molecule has 29 heavy (non-hydrogen) atoms. The van der Waals surface area contributed by atoms with Gasteiger partial charge in [0, 0.05) is 36.4 Å². The number of nitrogens with one attached hydrogen (secondary N) is 1. The minimum Gasteiger partial charge on any atom is -0.493 e. The van der Waals surface area contributed by atoms with E-state index in [4.69, 9.17) is 4.74 Å². The van der Waals surface area contributed by atoms with E-state index in [2.05, 4.69) is 16.0 Å². The summed E-state index contributed by atoms with van der Waals surface area (Å²) >= 11 is 0. The predicted octanol–water partition coefficient (Wildman–Crippen LogP) is 3.52. The number of H-pyrrole nitrogens is 1. The molecule has 0 unspecified atom stereocenters. The van der Waals surface area contributed by atoms with Crippen LogP contribution in [-0.4, -0.2) is 22.4 Å². The molecule has 1 N–H and O–H groups in total. The summed E-state index contributed by atoms with van der Waals surface area (Å²) in [7, 11) is 0. The summed E-state index contributed by atoms with van der Waals surface area (Å²) in [5, 5.41) is 0. The third-order valence-electron chi connectivity index (χ3n) is 5.96. The third-order valence-corrected chi connectivity index (χ3v) is 5.96. The Balaban J connectivity index is 1.43. The predicted molar refractivity (Wildman–Crippen MR) is 110 cm³/mol.